The van der Waals surface area contributed by atoms with E-state index in [1.165, 1.54) is 12.1 Å². The smallest absolute Gasteiger partial charge is 0.270 e. The number of hydrogen-bond acceptors (Lipinski definition) is 5. The van der Waals surface area contributed by atoms with E-state index >= 15 is 0 Å². The standard InChI is InChI=1S/C24H36N4O4/c1-4-5-12-25(3)23(29)19-10-15-27(16-11-19)24(30)21-17-20(28(31)32)6-7-22(21)26-13-8-18(2)9-14-26/h6-7,17-19H,4-5,8-16H2,1-3H3. The van der Waals surface area contributed by atoms with Crippen LogP contribution < -0.4 is 4.90 Å². The molecule has 3 rings (SSSR count). The predicted molar refractivity (Wildman–Crippen MR) is 125 cm³/mol. The summed E-state index contributed by atoms with van der Waals surface area (Å²) in [5.74, 6) is 0.570. The summed E-state index contributed by atoms with van der Waals surface area (Å²) >= 11 is 0. The summed E-state index contributed by atoms with van der Waals surface area (Å²) in [5.41, 5.74) is 1.12. The highest BCUT2D eigenvalue weighted by Gasteiger charge is 2.32. The first-order valence-corrected chi connectivity index (χ1v) is 11.9. The van der Waals surface area contributed by atoms with Crippen LogP contribution in [0.4, 0.5) is 11.4 Å². The molecule has 0 unspecified atom stereocenters. The molecule has 1 aromatic rings. The number of benzene rings is 1. The average Bonchev–Trinajstić information content (AvgIpc) is 2.81. The normalized spacial score (nSPS) is 18.0. The third-order valence-electron chi connectivity index (χ3n) is 6.90. The quantitative estimate of drug-likeness (QED) is 0.470. The number of unbranched alkanes of at least 4 members (excludes halogenated alkanes) is 1. The molecule has 0 aliphatic carbocycles. The van der Waals surface area contributed by atoms with Gasteiger partial charge in [0.05, 0.1) is 16.2 Å². The number of nitrogens with zero attached hydrogens (tertiary/aromatic N) is 4. The topological polar surface area (TPSA) is 87.0 Å². The lowest BCUT2D eigenvalue weighted by molar-refractivity contribution is -0.384. The van der Waals surface area contributed by atoms with Crippen LogP contribution in [0, 0.1) is 22.0 Å². The summed E-state index contributed by atoms with van der Waals surface area (Å²) in [5, 5.41) is 11.4. The molecule has 2 amide bonds. The van der Waals surface area contributed by atoms with Crippen molar-refractivity contribution in [2.45, 2.75) is 52.4 Å². The molecule has 8 heteroatoms. The van der Waals surface area contributed by atoms with Crippen LogP contribution in [0.1, 0.15) is 62.7 Å². The number of non-ortho nitro benzene ring substituents is 1. The van der Waals surface area contributed by atoms with Crippen LogP contribution in [0.15, 0.2) is 18.2 Å². The fraction of sp³-hybridized carbons (Fsp3) is 0.667. The number of piperidine rings is 2. The Kier molecular flexibility index (Phi) is 8.10. The van der Waals surface area contributed by atoms with Gasteiger partial charge in [-0.3, -0.25) is 19.7 Å². The maximum absolute atomic E-state index is 13.4. The highest BCUT2D eigenvalue weighted by atomic mass is 16.6. The minimum Gasteiger partial charge on any atom is -0.371 e. The van der Waals surface area contributed by atoms with Crippen molar-refractivity contribution in [3.8, 4) is 0 Å². The Morgan fingerprint density at radius 3 is 2.38 bits per heavy atom. The third-order valence-corrected chi connectivity index (χ3v) is 6.90. The van der Waals surface area contributed by atoms with Gasteiger partial charge in [0.2, 0.25) is 5.91 Å². The Labute approximate surface area is 190 Å². The van der Waals surface area contributed by atoms with E-state index in [-0.39, 0.29) is 23.4 Å². The number of hydrogen-bond donors (Lipinski definition) is 0. The minimum atomic E-state index is -0.449. The van der Waals surface area contributed by atoms with Crippen LogP contribution in [-0.4, -0.2) is 66.3 Å². The van der Waals surface area contributed by atoms with Crippen molar-refractivity contribution in [3.05, 3.63) is 33.9 Å². The molecule has 0 atom stereocenters. The summed E-state index contributed by atoms with van der Waals surface area (Å²) in [6, 6.07) is 4.63. The summed E-state index contributed by atoms with van der Waals surface area (Å²) in [4.78, 5) is 42.8. The molecule has 32 heavy (non-hydrogen) atoms. The number of anilines is 1. The van der Waals surface area contributed by atoms with E-state index in [0.29, 0.717) is 37.4 Å². The highest BCUT2D eigenvalue weighted by molar-refractivity contribution is 6.00. The summed E-state index contributed by atoms with van der Waals surface area (Å²) in [6.45, 7) is 7.78. The Morgan fingerprint density at radius 2 is 1.78 bits per heavy atom. The number of carbonyl (C=O) groups is 2. The molecule has 8 nitrogen and oxygen atoms in total. The number of rotatable bonds is 7. The molecule has 0 spiro atoms. The van der Waals surface area contributed by atoms with Gasteiger partial charge in [0.1, 0.15) is 0 Å². The molecule has 0 N–H and O–H groups in total. The highest BCUT2D eigenvalue weighted by Crippen LogP contribution is 2.31. The second kappa shape index (κ2) is 10.8. The lowest BCUT2D eigenvalue weighted by atomic mass is 9.94. The van der Waals surface area contributed by atoms with Gasteiger partial charge >= 0.3 is 0 Å². The van der Waals surface area contributed by atoms with Crippen molar-refractivity contribution in [2.75, 3.05) is 44.7 Å². The van der Waals surface area contributed by atoms with Crippen LogP contribution in [0.2, 0.25) is 0 Å². The minimum absolute atomic E-state index is 0.0610. The van der Waals surface area contributed by atoms with E-state index in [1.54, 1.807) is 11.0 Å². The van der Waals surface area contributed by atoms with Gasteiger partial charge in [0, 0.05) is 57.8 Å². The van der Waals surface area contributed by atoms with Gasteiger partial charge in [-0.15, -0.1) is 0 Å². The van der Waals surface area contributed by atoms with Gasteiger partial charge in [-0.2, -0.15) is 0 Å². The van der Waals surface area contributed by atoms with Crippen LogP contribution in [-0.2, 0) is 4.79 Å². The number of nitro benzene ring substituents is 1. The van der Waals surface area contributed by atoms with E-state index in [2.05, 4.69) is 18.7 Å². The third kappa shape index (κ3) is 5.58. The van der Waals surface area contributed by atoms with Gasteiger partial charge in [0.25, 0.3) is 11.6 Å². The van der Waals surface area contributed by atoms with E-state index < -0.39 is 4.92 Å². The van der Waals surface area contributed by atoms with Crippen LogP contribution >= 0.6 is 0 Å². The van der Waals surface area contributed by atoms with E-state index in [0.717, 1.165) is 51.0 Å². The van der Waals surface area contributed by atoms with Gasteiger partial charge in [-0.25, -0.2) is 0 Å². The molecule has 1 aromatic carbocycles. The lowest BCUT2D eigenvalue weighted by Gasteiger charge is -2.36. The molecule has 2 saturated heterocycles. The summed E-state index contributed by atoms with van der Waals surface area (Å²) in [7, 11) is 1.85. The van der Waals surface area contributed by atoms with Crippen molar-refractivity contribution in [1.29, 1.82) is 0 Å². The molecule has 2 aliphatic rings. The first-order valence-electron chi connectivity index (χ1n) is 11.9. The zero-order valence-corrected chi connectivity index (χ0v) is 19.6. The molecule has 176 valence electrons. The fourth-order valence-electron chi connectivity index (χ4n) is 4.65. The van der Waals surface area contributed by atoms with Crippen molar-refractivity contribution < 1.29 is 14.5 Å². The molecule has 0 radical (unpaired) electrons. The van der Waals surface area contributed by atoms with Crippen molar-refractivity contribution in [3.63, 3.8) is 0 Å². The van der Waals surface area contributed by atoms with Crippen LogP contribution in [0.5, 0.6) is 0 Å². The van der Waals surface area contributed by atoms with Gasteiger partial charge in [0.15, 0.2) is 0 Å². The summed E-state index contributed by atoms with van der Waals surface area (Å²) in [6.07, 6.45) is 5.39. The lowest BCUT2D eigenvalue weighted by Crippen LogP contribution is -2.44. The molecule has 2 heterocycles. The van der Waals surface area contributed by atoms with Crippen LogP contribution in [0.3, 0.4) is 0 Å². The SMILES string of the molecule is CCCCN(C)C(=O)C1CCN(C(=O)c2cc([N+](=O)[O-])ccc2N2CCC(C)CC2)CC1. The molecule has 0 aromatic heterocycles. The van der Waals surface area contributed by atoms with Gasteiger partial charge < -0.3 is 14.7 Å². The molecule has 0 saturated carbocycles. The molecular formula is C24H36N4O4. The Balaban J connectivity index is 1.72. The summed E-state index contributed by atoms with van der Waals surface area (Å²) < 4.78 is 0. The molecule has 0 bridgehead atoms. The zero-order valence-electron chi connectivity index (χ0n) is 19.6. The number of nitro groups is 1. The number of likely N-dealkylation sites (tertiary alicyclic amines) is 1. The van der Waals surface area contributed by atoms with Gasteiger partial charge in [-0.05, 0) is 44.1 Å². The Hall–Kier alpha value is -2.64. The van der Waals surface area contributed by atoms with Gasteiger partial charge in [-0.1, -0.05) is 20.3 Å². The largest absolute Gasteiger partial charge is 0.371 e. The maximum atomic E-state index is 13.4. The Bertz CT molecular complexity index is 827. The molecule has 2 fully saturated rings. The van der Waals surface area contributed by atoms with Crippen molar-refractivity contribution in [2.24, 2.45) is 11.8 Å². The second-order valence-corrected chi connectivity index (χ2v) is 9.31. The van der Waals surface area contributed by atoms with Crippen molar-refractivity contribution >= 4 is 23.2 Å². The molecular weight excluding hydrogens is 408 g/mol. The number of carbonyl (C=O) groups excluding carboxylic acids is 2. The average molecular weight is 445 g/mol. The van der Waals surface area contributed by atoms with E-state index in [9.17, 15) is 19.7 Å². The zero-order chi connectivity index (χ0) is 23.3. The predicted octanol–water partition coefficient (Wildman–Crippen LogP) is 3.94. The first-order chi connectivity index (χ1) is 15.3. The van der Waals surface area contributed by atoms with E-state index in [4.69, 9.17) is 0 Å². The Morgan fingerprint density at radius 1 is 1.12 bits per heavy atom. The van der Waals surface area contributed by atoms with Crippen LogP contribution in [0.25, 0.3) is 0 Å². The monoisotopic (exact) mass is 444 g/mol. The maximum Gasteiger partial charge on any atom is 0.270 e. The first kappa shape index (κ1) is 24.0. The van der Waals surface area contributed by atoms with E-state index in [1.807, 2.05) is 11.9 Å². The number of amides is 2. The van der Waals surface area contributed by atoms with Crippen molar-refractivity contribution in [1.82, 2.24) is 9.80 Å². The fourth-order valence-corrected chi connectivity index (χ4v) is 4.65. The molecule has 2 aliphatic heterocycles. The second-order valence-electron chi connectivity index (χ2n) is 9.31.